The van der Waals surface area contributed by atoms with Gasteiger partial charge in [-0.05, 0) is 18.2 Å². The van der Waals surface area contributed by atoms with Crippen LogP contribution in [-0.2, 0) is 9.53 Å². The number of nitrogens with one attached hydrogen (secondary N) is 2. The zero-order valence-electron chi connectivity index (χ0n) is 9.95. The highest BCUT2D eigenvalue weighted by atomic mass is 16.5. The highest BCUT2D eigenvalue weighted by Crippen LogP contribution is 2.20. The topological polar surface area (TPSA) is 71.4 Å². The van der Waals surface area contributed by atoms with Crippen LogP contribution < -0.4 is 10.1 Å². The molecule has 0 saturated heterocycles. The molecule has 0 unspecified atom stereocenters. The Balaban J connectivity index is 2.77. The van der Waals surface area contributed by atoms with E-state index in [1.165, 1.54) is 13.1 Å². The van der Waals surface area contributed by atoms with Crippen LogP contribution in [-0.4, -0.2) is 32.4 Å². The summed E-state index contributed by atoms with van der Waals surface area (Å²) in [6.07, 6.45) is 1.18. The maximum Gasteiger partial charge on any atom is 0.221 e. The van der Waals surface area contributed by atoms with Crippen molar-refractivity contribution in [3.8, 4) is 5.75 Å². The van der Waals surface area contributed by atoms with Gasteiger partial charge in [-0.3, -0.25) is 4.79 Å². The van der Waals surface area contributed by atoms with E-state index in [1.54, 1.807) is 25.3 Å². The van der Waals surface area contributed by atoms with E-state index < -0.39 is 0 Å². The molecule has 0 atom stereocenters. The largest absolute Gasteiger partial charge is 0.491 e. The Morgan fingerprint density at radius 1 is 1.47 bits per heavy atom. The lowest BCUT2D eigenvalue weighted by atomic mass is 10.2. The molecule has 0 radical (unpaired) electrons. The predicted octanol–water partition coefficient (Wildman–Crippen LogP) is 1.67. The molecule has 0 heterocycles. The van der Waals surface area contributed by atoms with Crippen molar-refractivity contribution < 1.29 is 14.3 Å². The summed E-state index contributed by atoms with van der Waals surface area (Å²) in [6.45, 7) is 2.39. The van der Waals surface area contributed by atoms with Crippen LogP contribution in [0.1, 0.15) is 12.5 Å². The number of amides is 1. The standard InChI is InChI=1S/C12H16N2O3/c1-9(15)14-12-4-3-11(7-10(12)8-13)17-6-5-16-2/h3-4,7-8,13H,5-6H2,1-2H3,(H,14,15). The number of methoxy groups -OCH3 is 1. The molecular formula is C12H16N2O3. The van der Waals surface area contributed by atoms with Crippen molar-refractivity contribution in [1.29, 1.82) is 5.41 Å². The Morgan fingerprint density at radius 2 is 2.24 bits per heavy atom. The Morgan fingerprint density at radius 3 is 2.82 bits per heavy atom. The molecule has 17 heavy (non-hydrogen) atoms. The summed E-state index contributed by atoms with van der Waals surface area (Å²) in [6, 6.07) is 5.16. The van der Waals surface area contributed by atoms with Crippen LogP contribution >= 0.6 is 0 Å². The van der Waals surface area contributed by atoms with E-state index in [9.17, 15) is 4.79 Å². The minimum absolute atomic E-state index is 0.166. The first kappa shape index (κ1) is 13.2. The first-order chi connectivity index (χ1) is 8.17. The number of ether oxygens (including phenoxy) is 2. The van der Waals surface area contributed by atoms with Gasteiger partial charge in [-0.25, -0.2) is 0 Å². The highest BCUT2D eigenvalue weighted by molar-refractivity contribution is 5.96. The second-order valence-corrected chi connectivity index (χ2v) is 3.42. The number of hydrogen-bond donors (Lipinski definition) is 2. The third-order valence-corrected chi connectivity index (χ3v) is 2.05. The quantitative estimate of drug-likeness (QED) is 0.583. The lowest BCUT2D eigenvalue weighted by Crippen LogP contribution is -2.09. The van der Waals surface area contributed by atoms with Gasteiger partial charge < -0.3 is 20.2 Å². The molecular weight excluding hydrogens is 220 g/mol. The van der Waals surface area contributed by atoms with Crippen LogP contribution in [0.15, 0.2) is 18.2 Å². The Hall–Kier alpha value is -1.88. The third kappa shape index (κ3) is 4.24. The van der Waals surface area contributed by atoms with Gasteiger partial charge in [-0.2, -0.15) is 0 Å². The van der Waals surface area contributed by atoms with E-state index in [2.05, 4.69) is 5.32 Å². The first-order valence-corrected chi connectivity index (χ1v) is 5.21. The minimum Gasteiger partial charge on any atom is -0.491 e. The molecule has 92 valence electrons. The van der Waals surface area contributed by atoms with Crippen LogP contribution in [0.2, 0.25) is 0 Å². The number of carbonyl (C=O) groups is 1. The molecule has 0 aliphatic rings. The van der Waals surface area contributed by atoms with Gasteiger partial charge in [-0.15, -0.1) is 0 Å². The van der Waals surface area contributed by atoms with E-state index in [0.717, 1.165) is 0 Å². The maximum atomic E-state index is 10.9. The van der Waals surface area contributed by atoms with E-state index in [4.69, 9.17) is 14.9 Å². The second-order valence-electron chi connectivity index (χ2n) is 3.42. The molecule has 1 rings (SSSR count). The molecule has 1 aromatic carbocycles. The lowest BCUT2D eigenvalue weighted by Gasteiger charge is -2.10. The Labute approximate surface area is 100 Å². The fraction of sp³-hybridized carbons (Fsp3) is 0.333. The third-order valence-electron chi connectivity index (χ3n) is 2.05. The summed E-state index contributed by atoms with van der Waals surface area (Å²) in [4.78, 5) is 10.9. The van der Waals surface area contributed by atoms with Crippen LogP contribution in [0.5, 0.6) is 5.75 Å². The number of benzene rings is 1. The first-order valence-electron chi connectivity index (χ1n) is 5.21. The van der Waals surface area contributed by atoms with E-state index in [1.807, 2.05) is 0 Å². The summed E-state index contributed by atoms with van der Waals surface area (Å²) >= 11 is 0. The monoisotopic (exact) mass is 236 g/mol. The summed E-state index contributed by atoms with van der Waals surface area (Å²) < 4.78 is 10.3. The SMILES string of the molecule is COCCOc1ccc(NC(C)=O)c(C=N)c1. The van der Waals surface area contributed by atoms with Crippen molar-refractivity contribution >= 4 is 17.8 Å². The molecule has 5 nitrogen and oxygen atoms in total. The number of anilines is 1. The molecule has 0 fully saturated rings. The van der Waals surface area contributed by atoms with E-state index in [0.29, 0.717) is 30.2 Å². The number of hydrogen-bond acceptors (Lipinski definition) is 4. The molecule has 5 heteroatoms. The molecule has 0 saturated carbocycles. The summed E-state index contributed by atoms with van der Waals surface area (Å²) in [5.41, 5.74) is 1.21. The Kier molecular flexibility index (Phi) is 5.16. The van der Waals surface area contributed by atoms with Gasteiger partial charge >= 0.3 is 0 Å². The van der Waals surface area contributed by atoms with Crippen molar-refractivity contribution in [1.82, 2.24) is 0 Å². The molecule has 2 N–H and O–H groups in total. The highest BCUT2D eigenvalue weighted by Gasteiger charge is 2.04. The predicted molar refractivity (Wildman–Crippen MR) is 66.0 cm³/mol. The number of carbonyl (C=O) groups excluding carboxylic acids is 1. The van der Waals surface area contributed by atoms with Crippen molar-refractivity contribution in [2.75, 3.05) is 25.6 Å². The number of rotatable bonds is 6. The molecule has 0 aromatic heterocycles. The van der Waals surface area contributed by atoms with Gasteiger partial charge in [0.1, 0.15) is 12.4 Å². The van der Waals surface area contributed by atoms with E-state index in [-0.39, 0.29) is 5.91 Å². The summed E-state index contributed by atoms with van der Waals surface area (Å²) in [7, 11) is 1.60. The van der Waals surface area contributed by atoms with Gasteiger partial charge in [0.15, 0.2) is 0 Å². The zero-order valence-corrected chi connectivity index (χ0v) is 9.95. The van der Waals surface area contributed by atoms with Gasteiger partial charge in [0.25, 0.3) is 0 Å². The van der Waals surface area contributed by atoms with Crippen LogP contribution in [0, 0.1) is 5.41 Å². The van der Waals surface area contributed by atoms with E-state index >= 15 is 0 Å². The molecule has 0 aliphatic carbocycles. The van der Waals surface area contributed by atoms with Crippen LogP contribution in [0.3, 0.4) is 0 Å². The van der Waals surface area contributed by atoms with Gasteiger partial charge in [0, 0.05) is 31.5 Å². The summed E-state index contributed by atoms with van der Waals surface area (Å²) in [5.74, 6) is 0.482. The smallest absolute Gasteiger partial charge is 0.221 e. The average molecular weight is 236 g/mol. The molecule has 0 aliphatic heterocycles. The van der Waals surface area contributed by atoms with Gasteiger partial charge in [0.05, 0.1) is 6.61 Å². The summed E-state index contributed by atoms with van der Waals surface area (Å²) in [5, 5.41) is 9.93. The molecule has 1 aromatic rings. The van der Waals surface area contributed by atoms with Crippen molar-refractivity contribution in [2.45, 2.75) is 6.92 Å². The van der Waals surface area contributed by atoms with Crippen LogP contribution in [0.4, 0.5) is 5.69 Å². The minimum atomic E-state index is -0.166. The lowest BCUT2D eigenvalue weighted by molar-refractivity contribution is -0.114. The van der Waals surface area contributed by atoms with Crippen molar-refractivity contribution in [2.24, 2.45) is 0 Å². The average Bonchev–Trinajstić information content (AvgIpc) is 2.30. The second kappa shape index (κ2) is 6.65. The van der Waals surface area contributed by atoms with Crippen molar-refractivity contribution in [3.05, 3.63) is 23.8 Å². The Bertz CT molecular complexity index is 405. The normalized spacial score (nSPS) is 9.76. The maximum absolute atomic E-state index is 10.9. The van der Waals surface area contributed by atoms with Crippen molar-refractivity contribution in [3.63, 3.8) is 0 Å². The fourth-order valence-electron chi connectivity index (χ4n) is 1.30. The fourth-order valence-corrected chi connectivity index (χ4v) is 1.30. The zero-order chi connectivity index (χ0) is 12.7. The molecule has 0 spiro atoms. The van der Waals surface area contributed by atoms with Gasteiger partial charge in [0.2, 0.25) is 5.91 Å². The van der Waals surface area contributed by atoms with Crippen LogP contribution in [0.25, 0.3) is 0 Å². The molecule has 0 bridgehead atoms. The van der Waals surface area contributed by atoms with Gasteiger partial charge in [-0.1, -0.05) is 0 Å². The molecule has 1 amide bonds.